The van der Waals surface area contributed by atoms with E-state index in [1.807, 2.05) is 0 Å². The number of amides is 1. The minimum atomic E-state index is -0.728. The van der Waals surface area contributed by atoms with Crippen molar-refractivity contribution in [1.82, 2.24) is 4.98 Å². The third kappa shape index (κ3) is 3.56. The summed E-state index contributed by atoms with van der Waals surface area (Å²) in [6.07, 6.45) is 0. The minimum Gasteiger partial charge on any atom is -0.461 e. The van der Waals surface area contributed by atoms with Crippen molar-refractivity contribution in [2.75, 3.05) is 11.9 Å². The second kappa shape index (κ2) is 6.64. The second-order valence-electron chi connectivity index (χ2n) is 3.81. The van der Waals surface area contributed by atoms with E-state index in [1.54, 1.807) is 6.92 Å². The van der Waals surface area contributed by atoms with Crippen LogP contribution >= 0.6 is 22.9 Å². The lowest BCUT2D eigenvalue weighted by Crippen LogP contribution is -2.14. The van der Waals surface area contributed by atoms with Crippen LogP contribution in [0.1, 0.15) is 27.2 Å². The first-order valence-corrected chi connectivity index (χ1v) is 7.16. The van der Waals surface area contributed by atoms with Gasteiger partial charge in [-0.1, -0.05) is 17.7 Å². The van der Waals surface area contributed by atoms with Crippen LogP contribution in [0, 0.1) is 5.82 Å². The number of rotatable bonds is 4. The molecule has 0 saturated carbocycles. The number of thiazole rings is 1. The molecule has 0 spiro atoms. The molecule has 0 fully saturated rings. The zero-order valence-electron chi connectivity index (χ0n) is 10.9. The van der Waals surface area contributed by atoms with Crippen LogP contribution in [0.4, 0.5) is 10.1 Å². The van der Waals surface area contributed by atoms with Crippen molar-refractivity contribution in [1.29, 1.82) is 0 Å². The lowest BCUT2D eigenvalue weighted by Gasteiger charge is -2.05. The number of hydrogen-bond acceptors (Lipinski definition) is 5. The molecule has 0 saturated heterocycles. The van der Waals surface area contributed by atoms with Crippen molar-refractivity contribution in [3.63, 3.8) is 0 Å². The monoisotopic (exact) mass is 328 g/mol. The Kier molecular flexibility index (Phi) is 4.87. The predicted octanol–water partition coefficient (Wildman–Crippen LogP) is 3.36. The van der Waals surface area contributed by atoms with E-state index in [2.05, 4.69) is 10.3 Å². The van der Waals surface area contributed by atoms with Gasteiger partial charge in [0.1, 0.15) is 5.69 Å². The minimum absolute atomic E-state index is 0.00225. The van der Waals surface area contributed by atoms with Gasteiger partial charge in [-0.15, -0.1) is 11.3 Å². The van der Waals surface area contributed by atoms with Crippen LogP contribution in [0.5, 0.6) is 0 Å². The molecule has 1 heterocycles. The lowest BCUT2D eigenvalue weighted by atomic mass is 10.3. The first kappa shape index (κ1) is 15.4. The van der Waals surface area contributed by atoms with Crippen molar-refractivity contribution in [3.8, 4) is 0 Å². The summed E-state index contributed by atoms with van der Waals surface area (Å²) in [4.78, 5) is 27.3. The van der Waals surface area contributed by atoms with Crippen molar-refractivity contribution in [3.05, 3.63) is 45.1 Å². The van der Waals surface area contributed by atoms with Gasteiger partial charge in [0.2, 0.25) is 5.01 Å². The molecule has 2 rings (SSSR count). The van der Waals surface area contributed by atoms with Crippen molar-refractivity contribution in [2.45, 2.75) is 6.92 Å². The quantitative estimate of drug-likeness (QED) is 0.874. The Morgan fingerprint density at radius 2 is 2.24 bits per heavy atom. The maximum atomic E-state index is 13.7. The van der Waals surface area contributed by atoms with Crippen LogP contribution in [-0.2, 0) is 4.74 Å². The maximum absolute atomic E-state index is 13.7. The first-order valence-electron chi connectivity index (χ1n) is 5.91. The molecule has 0 aliphatic carbocycles. The zero-order valence-corrected chi connectivity index (χ0v) is 12.4. The van der Waals surface area contributed by atoms with Crippen molar-refractivity contribution < 1.29 is 18.7 Å². The Hall–Kier alpha value is -1.99. The largest absolute Gasteiger partial charge is 0.461 e. The SMILES string of the molecule is CCOC(=O)c1nc(C(=O)Nc2cccc(Cl)c2F)cs1. The number of halogens is 2. The number of ether oxygens (including phenoxy) is 1. The molecule has 8 heteroatoms. The van der Waals surface area contributed by atoms with Crippen LogP contribution in [0.25, 0.3) is 0 Å². The van der Waals surface area contributed by atoms with Gasteiger partial charge in [0, 0.05) is 5.38 Å². The van der Waals surface area contributed by atoms with E-state index in [9.17, 15) is 14.0 Å². The number of nitrogens with one attached hydrogen (secondary N) is 1. The summed E-state index contributed by atoms with van der Waals surface area (Å²) in [5.74, 6) is -1.97. The van der Waals surface area contributed by atoms with Crippen LogP contribution in [0.2, 0.25) is 5.02 Å². The Morgan fingerprint density at radius 1 is 1.48 bits per heavy atom. The average molecular weight is 329 g/mol. The Morgan fingerprint density at radius 3 is 2.95 bits per heavy atom. The zero-order chi connectivity index (χ0) is 15.4. The lowest BCUT2D eigenvalue weighted by molar-refractivity contribution is 0.0526. The summed E-state index contributed by atoms with van der Waals surface area (Å²) in [6.45, 7) is 1.88. The van der Waals surface area contributed by atoms with Gasteiger partial charge in [0.05, 0.1) is 17.3 Å². The fraction of sp³-hybridized carbons (Fsp3) is 0.154. The molecule has 21 heavy (non-hydrogen) atoms. The third-order valence-electron chi connectivity index (χ3n) is 2.39. The number of nitrogens with zero attached hydrogens (tertiary/aromatic N) is 1. The fourth-order valence-electron chi connectivity index (χ4n) is 1.45. The van der Waals surface area contributed by atoms with E-state index >= 15 is 0 Å². The molecule has 110 valence electrons. The summed E-state index contributed by atoms with van der Waals surface area (Å²) < 4.78 is 18.4. The van der Waals surface area contributed by atoms with Gasteiger partial charge >= 0.3 is 5.97 Å². The summed E-state index contributed by atoms with van der Waals surface area (Å²) >= 11 is 6.60. The van der Waals surface area contributed by atoms with Gasteiger partial charge < -0.3 is 10.1 Å². The van der Waals surface area contributed by atoms with Gasteiger partial charge in [0.25, 0.3) is 5.91 Å². The number of anilines is 1. The van der Waals surface area contributed by atoms with Crippen LogP contribution in [0.15, 0.2) is 23.6 Å². The third-order valence-corrected chi connectivity index (χ3v) is 3.50. The number of hydrogen-bond donors (Lipinski definition) is 1. The van der Waals surface area contributed by atoms with Crippen molar-refractivity contribution >= 4 is 40.5 Å². The molecule has 0 bridgehead atoms. The number of carbonyl (C=O) groups excluding carboxylic acids is 2. The maximum Gasteiger partial charge on any atom is 0.367 e. The number of aromatic nitrogens is 1. The molecule has 0 unspecified atom stereocenters. The summed E-state index contributed by atoms with van der Waals surface area (Å²) in [5, 5.41) is 3.70. The van der Waals surface area contributed by atoms with E-state index in [0.717, 1.165) is 11.3 Å². The highest BCUT2D eigenvalue weighted by molar-refractivity contribution is 7.11. The van der Waals surface area contributed by atoms with Gasteiger partial charge in [0.15, 0.2) is 5.82 Å². The van der Waals surface area contributed by atoms with E-state index in [0.29, 0.717) is 0 Å². The van der Waals surface area contributed by atoms with E-state index in [1.165, 1.54) is 23.6 Å². The highest BCUT2D eigenvalue weighted by Crippen LogP contribution is 2.22. The molecular weight excluding hydrogens is 319 g/mol. The number of esters is 1. The number of benzene rings is 1. The molecule has 1 aromatic carbocycles. The Balaban J connectivity index is 2.14. The van der Waals surface area contributed by atoms with E-state index in [4.69, 9.17) is 16.3 Å². The molecule has 0 atom stereocenters. The van der Waals surface area contributed by atoms with Gasteiger partial charge in [-0.2, -0.15) is 0 Å². The van der Waals surface area contributed by atoms with Crippen LogP contribution in [0.3, 0.4) is 0 Å². The topological polar surface area (TPSA) is 68.3 Å². The second-order valence-corrected chi connectivity index (χ2v) is 5.08. The molecule has 2 aromatic rings. The fourth-order valence-corrected chi connectivity index (χ4v) is 2.32. The first-order chi connectivity index (χ1) is 10.0. The number of carbonyl (C=O) groups is 2. The molecule has 1 amide bonds. The van der Waals surface area contributed by atoms with Gasteiger partial charge in [-0.3, -0.25) is 4.79 Å². The Bertz CT molecular complexity index is 690. The van der Waals surface area contributed by atoms with Gasteiger partial charge in [-0.25, -0.2) is 14.2 Å². The molecule has 1 aromatic heterocycles. The molecule has 0 radical (unpaired) electrons. The predicted molar refractivity (Wildman–Crippen MR) is 77.4 cm³/mol. The Labute approximate surface area is 128 Å². The molecule has 0 aliphatic heterocycles. The summed E-state index contributed by atoms with van der Waals surface area (Å²) in [6, 6.07) is 4.25. The normalized spacial score (nSPS) is 10.2. The van der Waals surface area contributed by atoms with Crippen LogP contribution in [-0.4, -0.2) is 23.5 Å². The standard InChI is InChI=1S/C13H10ClFN2O3S/c1-2-20-13(19)12-17-9(6-21-12)11(18)16-8-5-3-4-7(14)10(8)15/h3-6H,2H2,1H3,(H,16,18). The summed E-state index contributed by atoms with van der Waals surface area (Å²) in [5.41, 5.74) is -0.0550. The highest BCUT2D eigenvalue weighted by Gasteiger charge is 2.17. The molecule has 1 N–H and O–H groups in total. The average Bonchev–Trinajstić information content (AvgIpc) is 2.94. The summed E-state index contributed by atoms with van der Waals surface area (Å²) in [7, 11) is 0. The molecule has 5 nitrogen and oxygen atoms in total. The molecule has 0 aliphatic rings. The van der Waals surface area contributed by atoms with E-state index < -0.39 is 17.7 Å². The van der Waals surface area contributed by atoms with Crippen LogP contribution < -0.4 is 5.32 Å². The highest BCUT2D eigenvalue weighted by atomic mass is 35.5. The molecular formula is C13H10ClFN2O3S. The van der Waals surface area contributed by atoms with Crippen molar-refractivity contribution in [2.24, 2.45) is 0 Å². The van der Waals surface area contributed by atoms with E-state index in [-0.39, 0.29) is 28.0 Å². The van der Waals surface area contributed by atoms with Gasteiger partial charge in [-0.05, 0) is 19.1 Å². The smallest absolute Gasteiger partial charge is 0.367 e.